The third-order valence-electron chi connectivity index (χ3n) is 7.98. The van der Waals surface area contributed by atoms with Gasteiger partial charge in [-0.25, -0.2) is 9.69 Å². The van der Waals surface area contributed by atoms with E-state index in [2.05, 4.69) is 0 Å². The number of fused-ring (bicyclic) bond motifs is 6. The summed E-state index contributed by atoms with van der Waals surface area (Å²) in [6.45, 7) is 12.6. The molecule has 1 spiro atoms. The smallest absolute Gasteiger partial charge is 0.421 e. The van der Waals surface area contributed by atoms with E-state index in [1.54, 1.807) is 72.7 Å². The number of nitrogens with zero attached hydrogens (tertiary/aromatic N) is 2. The monoisotopic (exact) mass is 532 g/mol. The molecule has 206 valence electrons. The fraction of sp³-hybridized carbons (Fsp3) is 0.484. The summed E-state index contributed by atoms with van der Waals surface area (Å²) in [6.07, 6.45) is 0.595. The summed E-state index contributed by atoms with van der Waals surface area (Å²) in [6, 6.07) is 14.1. The van der Waals surface area contributed by atoms with Crippen molar-refractivity contribution in [2.45, 2.75) is 83.1 Å². The number of hydrogen-bond donors (Lipinski definition) is 0. The maximum absolute atomic E-state index is 14.9. The zero-order valence-corrected chi connectivity index (χ0v) is 23.6. The largest absolute Gasteiger partial charge is 0.460 e. The molecule has 2 aromatic carbocycles. The molecule has 2 amide bonds. The molecule has 0 saturated carbocycles. The predicted octanol–water partition coefficient (Wildman–Crippen LogP) is 4.73. The van der Waals surface area contributed by atoms with Crippen molar-refractivity contribution in [2.75, 3.05) is 11.4 Å². The molecule has 0 radical (unpaired) electrons. The summed E-state index contributed by atoms with van der Waals surface area (Å²) in [5.41, 5.74) is -1.96. The van der Waals surface area contributed by atoms with Gasteiger partial charge in [-0.2, -0.15) is 0 Å². The highest BCUT2D eigenvalue weighted by Crippen LogP contribution is 2.65. The lowest BCUT2D eigenvalue weighted by Gasteiger charge is -2.41. The molecule has 4 atom stereocenters. The van der Waals surface area contributed by atoms with Gasteiger partial charge in [0.15, 0.2) is 0 Å². The first kappa shape index (κ1) is 27.1. The number of carbonyl (C=O) groups excluding carboxylic acids is 4. The molecule has 0 aromatic heterocycles. The fourth-order valence-electron chi connectivity index (χ4n) is 6.74. The van der Waals surface area contributed by atoms with Crippen LogP contribution >= 0.6 is 0 Å². The van der Waals surface area contributed by atoms with Crippen molar-refractivity contribution >= 4 is 29.9 Å². The highest BCUT2D eigenvalue weighted by atomic mass is 16.6. The lowest BCUT2D eigenvalue weighted by Crippen LogP contribution is -2.56. The van der Waals surface area contributed by atoms with Crippen molar-refractivity contribution in [3.05, 3.63) is 65.2 Å². The number of amides is 2. The van der Waals surface area contributed by atoms with Gasteiger partial charge in [0.1, 0.15) is 28.8 Å². The second-order valence-electron chi connectivity index (χ2n) is 12.9. The van der Waals surface area contributed by atoms with E-state index in [1.807, 2.05) is 29.2 Å². The van der Waals surface area contributed by atoms with E-state index in [-0.39, 0.29) is 0 Å². The molecule has 8 nitrogen and oxygen atoms in total. The Hall–Kier alpha value is -3.52. The van der Waals surface area contributed by atoms with Crippen LogP contribution < -0.4 is 4.90 Å². The van der Waals surface area contributed by atoms with Gasteiger partial charge in [0.2, 0.25) is 5.91 Å². The normalized spacial score (nSPS) is 28.1. The van der Waals surface area contributed by atoms with Gasteiger partial charge in [0, 0.05) is 6.54 Å². The Bertz CT molecular complexity index is 1370. The van der Waals surface area contributed by atoms with Crippen molar-refractivity contribution in [2.24, 2.45) is 5.92 Å². The van der Waals surface area contributed by atoms with Crippen molar-refractivity contribution in [1.82, 2.24) is 4.90 Å². The van der Waals surface area contributed by atoms with E-state index in [4.69, 9.17) is 9.47 Å². The van der Waals surface area contributed by atoms with Crippen LogP contribution in [0.5, 0.6) is 0 Å². The third kappa shape index (κ3) is 3.91. The molecule has 8 heteroatoms. The second-order valence-corrected chi connectivity index (χ2v) is 12.9. The number of carbonyl (C=O) groups is 4. The Labute approximate surface area is 229 Å². The molecule has 1 fully saturated rings. The van der Waals surface area contributed by atoms with Gasteiger partial charge in [-0.3, -0.25) is 14.5 Å². The number of anilines is 1. The van der Waals surface area contributed by atoms with Gasteiger partial charge in [-0.05, 0) is 77.6 Å². The maximum Gasteiger partial charge on any atom is 0.421 e. The number of ether oxygens (including phenoxy) is 2. The van der Waals surface area contributed by atoms with E-state index >= 15 is 0 Å². The highest BCUT2D eigenvalue weighted by molar-refractivity contribution is 6.23. The standard InChI is InChI=1S/C31H36N2O6/c1-28(2,3)38-25(35)23-30(7,18-34)32-17-16-19-12-8-9-13-20(19)24(32)31(23)21-14-10-11-15-22(21)33(26(31)36)27(37)39-29(4,5)6/h8-15,18,23-24H,16-17H2,1-7H3/t23-,24-,30-,31+/m1/s1. The van der Waals surface area contributed by atoms with Gasteiger partial charge < -0.3 is 14.3 Å². The molecule has 2 aromatic rings. The van der Waals surface area contributed by atoms with Gasteiger partial charge >= 0.3 is 12.1 Å². The molecular formula is C31H36N2O6. The lowest BCUT2D eigenvalue weighted by atomic mass is 9.63. The third-order valence-corrected chi connectivity index (χ3v) is 7.98. The summed E-state index contributed by atoms with van der Waals surface area (Å²) >= 11 is 0. The van der Waals surface area contributed by atoms with Crippen LogP contribution in [0.25, 0.3) is 0 Å². The molecule has 0 aliphatic carbocycles. The summed E-state index contributed by atoms with van der Waals surface area (Å²) in [4.78, 5) is 58.8. The van der Waals surface area contributed by atoms with Crippen LogP contribution in [0.3, 0.4) is 0 Å². The summed E-state index contributed by atoms with van der Waals surface area (Å²) < 4.78 is 11.6. The first-order valence-corrected chi connectivity index (χ1v) is 13.4. The van der Waals surface area contributed by atoms with Gasteiger partial charge in [0.05, 0.1) is 17.3 Å². The van der Waals surface area contributed by atoms with E-state index in [0.29, 0.717) is 24.2 Å². The van der Waals surface area contributed by atoms with Crippen molar-refractivity contribution < 1.29 is 28.7 Å². The molecule has 39 heavy (non-hydrogen) atoms. The summed E-state index contributed by atoms with van der Waals surface area (Å²) in [5.74, 6) is -2.47. The minimum absolute atomic E-state index is 0.350. The Morgan fingerprint density at radius 1 is 0.949 bits per heavy atom. The molecule has 0 unspecified atom stereocenters. The van der Waals surface area contributed by atoms with Gasteiger partial charge in [-0.15, -0.1) is 0 Å². The van der Waals surface area contributed by atoms with Crippen LogP contribution in [0.15, 0.2) is 48.5 Å². The molecule has 5 rings (SSSR count). The minimum atomic E-state index is -1.61. The molecule has 3 aliphatic rings. The number of rotatable bonds is 2. The average Bonchev–Trinajstić information content (AvgIpc) is 3.24. The predicted molar refractivity (Wildman–Crippen MR) is 145 cm³/mol. The molecular weight excluding hydrogens is 496 g/mol. The molecule has 0 bridgehead atoms. The van der Waals surface area contributed by atoms with Crippen molar-refractivity contribution in [3.63, 3.8) is 0 Å². The first-order valence-electron chi connectivity index (χ1n) is 13.4. The van der Waals surface area contributed by atoms with Crippen LogP contribution in [-0.2, 0) is 35.7 Å². The zero-order valence-electron chi connectivity index (χ0n) is 23.6. The molecule has 1 saturated heterocycles. The number of esters is 1. The van der Waals surface area contributed by atoms with E-state index in [0.717, 1.165) is 22.3 Å². The molecule has 3 heterocycles. The van der Waals surface area contributed by atoms with Crippen LogP contribution in [0.1, 0.15) is 71.2 Å². The van der Waals surface area contributed by atoms with Gasteiger partial charge in [-0.1, -0.05) is 42.5 Å². The van der Waals surface area contributed by atoms with Crippen LogP contribution in [0.4, 0.5) is 10.5 Å². The number of hydrogen-bond acceptors (Lipinski definition) is 7. The number of benzene rings is 2. The maximum atomic E-state index is 14.9. The Morgan fingerprint density at radius 3 is 2.21 bits per heavy atom. The Balaban J connectivity index is 1.84. The fourth-order valence-corrected chi connectivity index (χ4v) is 6.74. The van der Waals surface area contributed by atoms with E-state index < -0.39 is 52.1 Å². The van der Waals surface area contributed by atoms with Crippen LogP contribution in [-0.4, -0.2) is 52.4 Å². The summed E-state index contributed by atoms with van der Waals surface area (Å²) in [5, 5.41) is 0. The van der Waals surface area contributed by atoms with E-state index in [1.165, 1.54) is 0 Å². The number of para-hydroxylation sites is 1. The number of aldehydes is 1. The first-order chi connectivity index (χ1) is 18.2. The second kappa shape index (κ2) is 8.74. The SMILES string of the molecule is CC(C)(C)OC(=O)[C@H]1[C@]2(C(=O)N(C(=O)OC(C)(C)C)c3ccccc32)[C@H]2c3ccccc3CCN2[C@]1(C)C=O. The molecule has 0 N–H and O–H groups in total. The Kier molecular flexibility index (Phi) is 6.07. The van der Waals surface area contributed by atoms with E-state index in [9.17, 15) is 19.2 Å². The van der Waals surface area contributed by atoms with Crippen molar-refractivity contribution in [1.29, 1.82) is 0 Å². The average molecular weight is 533 g/mol. The molecule has 3 aliphatic heterocycles. The zero-order chi connectivity index (χ0) is 28.5. The van der Waals surface area contributed by atoms with Gasteiger partial charge in [0.25, 0.3) is 0 Å². The topological polar surface area (TPSA) is 93.2 Å². The van der Waals surface area contributed by atoms with Crippen LogP contribution in [0.2, 0.25) is 0 Å². The van der Waals surface area contributed by atoms with Crippen LogP contribution in [0, 0.1) is 5.92 Å². The minimum Gasteiger partial charge on any atom is -0.460 e. The Morgan fingerprint density at radius 2 is 1.56 bits per heavy atom. The quantitative estimate of drug-likeness (QED) is 0.408. The highest BCUT2D eigenvalue weighted by Gasteiger charge is 2.76. The summed E-state index contributed by atoms with van der Waals surface area (Å²) in [7, 11) is 0. The lowest BCUT2D eigenvalue weighted by molar-refractivity contribution is -0.167. The van der Waals surface area contributed by atoms with Crippen molar-refractivity contribution in [3.8, 4) is 0 Å². The number of imide groups is 1.